The van der Waals surface area contributed by atoms with Gasteiger partial charge in [-0.2, -0.15) is 0 Å². The second kappa shape index (κ2) is 10.8. The number of quaternary nitrogens is 1. The normalized spacial score (nSPS) is 15.2. The van der Waals surface area contributed by atoms with Crippen LogP contribution < -0.4 is 15.0 Å². The minimum atomic E-state index is -0.0730. The van der Waals surface area contributed by atoms with E-state index in [0.29, 0.717) is 12.2 Å². The first-order chi connectivity index (χ1) is 15.3. The molecule has 160 valence electrons. The summed E-state index contributed by atoms with van der Waals surface area (Å²) in [4.78, 5) is 14.4. The molecule has 1 saturated heterocycles. The molecule has 5 nitrogen and oxygen atoms in total. The standard InChI is InChI=1S/C26H28N2O3/c29-26(23-11-13-24(14-12-23)31-20-21-7-3-1-4-8-21)27-25(22-9-5-2-6-10-22)19-28-15-17-30-18-16-28/h1-14,25H,15-20H2,(H,27,29)/p+1/t25-/m0/s1. The lowest BCUT2D eigenvalue weighted by Crippen LogP contribution is -3.14. The molecule has 0 saturated carbocycles. The molecule has 1 fully saturated rings. The number of hydrogen-bond donors (Lipinski definition) is 2. The fourth-order valence-corrected chi connectivity index (χ4v) is 3.78. The molecule has 3 aromatic rings. The van der Waals surface area contributed by atoms with Crippen LogP contribution in [0.2, 0.25) is 0 Å². The van der Waals surface area contributed by atoms with Gasteiger partial charge < -0.3 is 19.7 Å². The van der Waals surface area contributed by atoms with E-state index >= 15 is 0 Å². The van der Waals surface area contributed by atoms with E-state index in [2.05, 4.69) is 17.4 Å². The van der Waals surface area contributed by atoms with Gasteiger partial charge in [-0.15, -0.1) is 0 Å². The molecule has 0 bridgehead atoms. The Bertz CT molecular complexity index is 939. The highest BCUT2D eigenvalue weighted by atomic mass is 16.5. The van der Waals surface area contributed by atoms with Crippen LogP contribution in [0, 0.1) is 0 Å². The number of morpholine rings is 1. The minimum absolute atomic E-state index is 0.0455. The number of hydrogen-bond acceptors (Lipinski definition) is 3. The third-order valence-electron chi connectivity index (χ3n) is 5.56. The van der Waals surface area contributed by atoms with Crippen LogP contribution in [-0.4, -0.2) is 38.8 Å². The van der Waals surface area contributed by atoms with Gasteiger partial charge in [0.25, 0.3) is 5.91 Å². The van der Waals surface area contributed by atoms with E-state index in [1.165, 1.54) is 4.90 Å². The van der Waals surface area contributed by atoms with Gasteiger partial charge in [0.05, 0.1) is 13.2 Å². The van der Waals surface area contributed by atoms with Gasteiger partial charge in [-0.05, 0) is 35.4 Å². The minimum Gasteiger partial charge on any atom is -0.489 e. The number of carbonyl (C=O) groups is 1. The third-order valence-corrected chi connectivity index (χ3v) is 5.56. The van der Waals surface area contributed by atoms with Crippen molar-refractivity contribution in [3.05, 3.63) is 102 Å². The molecule has 3 aromatic carbocycles. The monoisotopic (exact) mass is 417 g/mol. The predicted octanol–water partition coefficient (Wildman–Crippen LogP) is 2.65. The maximum Gasteiger partial charge on any atom is 0.251 e. The first-order valence-corrected chi connectivity index (χ1v) is 10.8. The van der Waals surface area contributed by atoms with Crippen LogP contribution in [-0.2, 0) is 11.3 Å². The summed E-state index contributed by atoms with van der Waals surface area (Å²) in [5, 5.41) is 3.23. The van der Waals surface area contributed by atoms with Crippen LogP contribution in [0.4, 0.5) is 0 Å². The third kappa shape index (κ3) is 6.17. The van der Waals surface area contributed by atoms with Crippen molar-refractivity contribution in [3.63, 3.8) is 0 Å². The summed E-state index contributed by atoms with van der Waals surface area (Å²) in [5.41, 5.74) is 2.86. The van der Waals surface area contributed by atoms with Crippen LogP contribution in [0.15, 0.2) is 84.9 Å². The Morgan fingerprint density at radius 2 is 1.55 bits per heavy atom. The molecular formula is C26H29N2O3+. The van der Waals surface area contributed by atoms with Crippen LogP contribution in [0.3, 0.4) is 0 Å². The zero-order valence-corrected chi connectivity index (χ0v) is 17.6. The van der Waals surface area contributed by atoms with E-state index in [1.807, 2.05) is 72.8 Å². The lowest BCUT2D eigenvalue weighted by molar-refractivity contribution is -0.909. The predicted molar refractivity (Wildman–Crippen MR) is 120 cm³/mol. The SMILES string of the molecule is O=C(N[C@@H](C[NH+]1CCOCC1)c1ccccc1)c1ccc(OCc2ccccc2)cc1. The lowest BCUT2D eigenvalue weighted by Gasteiger charge is -2.28. The molecule has 0 aromatic heterocycles. The highest BCUT2D eigenvalue weighted by Crippen LogP contribution is 2.16. The van der Waals surface area contributed by atoms with E-state index in [-0.39, 0.29) is 11.9 Å². The van der Waals surface area contributed by atoms with Crippen molar-refractivity contribution >= 4 is 5.91 Å². The van der Waals surface area contributed by atoms with Crippen LogP contribution >= 0.6 is 0 Å². The number of nitrogens with one attached hydrogen (secondary N) is 2. The molecule has 1 atom stereocenters. The zero-order chi connectivity index (χ0) is 21.3. The van der Waals surface area contributed by atoms with E-state index in [4.69, 9.17) is 9.47 Å². The Labute approximate surface area is 183 Å². The number of rotatable bonds is 8. The number of ether oxygens (including phenoxy) is 2. The molecule has 0 aliphatic carbocycles. The quantitative estimate of drug-likeness (QED) is 0.593. The second-order valence-electron chi connectivity index (χ2n) is 7.80. The molecule has 0 radical (unpaired) electrons. The van der Waals surface area contributed by atoms with Crippen LogP contribution in [0.1, 0.15) is 27.5 Å². The summed E-state index contributed by atoms with van der Waals surface area (Å²) >= 11 is 0. The average molecular weight is 418 g/mol. The average Bonchev–Trinajstić information content (AvgIpc) is 2.84. The van der Waals surface area contributed by atoms with Gasteiger partial charge in [0, 0.05) is 5.56 Å². The molecule has 31 heavy (non-hydrogen) atoms. The van der Waals surface area contributed by atoms with Gasteiger partial charge in [0.1, 0.15) is 38.0 Å². The van der Waals surface area contributed by atoms with Gasteiger partial charge in [-0.3, -0.25) is 4.79 Å². The Kier molecular flexibility index (Phi) is 7.32. The Morgan fingerprint density at radius 3 is 2.23 bits per heavy atom. The molecule has 4 rings (SSSR count). The fourth-order valence-electron chi connectivity index (χ4n) is 3.78. The van der Waals surface area contributed by atoms with Crippen LogP contribution in [0.5, 0.6) is 5.75 Å². The van der Waals surface area contributed by atoms with Crippen molar-refractivity contribution in [2.75, 3.05) is 32.8 Å². The number of benzene rings is 3. The second-order valence-corrected chi connectivity index (χ2v) is 7.80. The Hall–Kier alpha value is -3.15. The molecule has 1 aliphatic rings. The van der Waals surface area contributed by atoms with Gasteiger partial charge >= 0.3 is 0 Å². The Balaban J connectivity index is 1.39. The summed E-state index contributed by atoms with van der Waals surface area (Å²) in [6, 6.07) is 27.5. The van der Waals surface area contributed by atoms with E-state index in [9.17, 15) is 4.79 Å². The maximum atomic E-state index is 13.0. The zero-order valence-electron chi connectivity index (χ0n) is 17.6. The summed E-state index contributed by atoms with van der Waals surface area (Å²) in [7, 11) is 0. The molecule has 0 spiro atoms. The van der Waals surface area contributed by atoms with Crippen molar-refractivity contribution < 1.29 is 19.2 Å². The van der Waals surface area contributed by atoms with Gasteiger partial charge in [0.2, 0.25) is 0 Å². The molecule has 1 amide bonds. The van der Waals surface area contributed by atoms with Crippen molar-refractivity contribution in [1.82, 2.24) is 5.32 Å². The van der Waals surface area contributed by atoms with E-state index < -0.39 is 0 Å². The van der Waals surface area contributed by atoms with Gasteiger partial charge in [0.15, 0.2) is 0 Å². The molecule has 0 unspecified atom stereocenters. The molecule has 5 heteroatoms. The molecule has 1 heterocycles. The Morgan fingerprint density at radius 1 is 0.903 bits per heavy atom. The topological polar surface area (TPSA) is 52.0 Å². The van der Waals surface area contributed by atoms with Crippen molar-refractivity contribution in [1.29, 1.82) is 0 Å². The molecule has 2 N–H and O–H groups in total. The summed E-state index contributed by atoms with van der Waals surface area (Å²) in [6.07, 6.45) is 0. The number of amides is 1. The summed E-state index contributed by atoms with van der Waals surface area (Å²) < 4.78 is 11.3. The maximum absolute atomic E-state index is 13.0. The first-order valence-electron chi connectivity index (χ1n) is 10.8. The van der Waals surface area contributed by atoms with Crippen LogP contribution in [0.25, 0.3) is 0 Å². The van der Waals surface area contributed by atoms with Crippen molar-refractivity contribution in [2.24, 2.45) is 0 Å². The summed E-state index contributed by atoms with van der Waals surface area (Å²) in [6.45, 7) is 4.83. The largest absolute Gasteiger partial charge is 0.489 e. The van der Waals surface area contributed by atoms with E-state index in [1.54, 1.807) is 0 Å². The van der Waals surface area contributed by atoms with Gasteiger partial charge in [-0.25, -0.2) is 0 Å². The van der Waals surface area contributed by atoms with Crippen molar-refractivity contribution in [2.45, 2.75) is 12.6 Å². The molecular weight excluding hydrogens is 388 g/mol. The highest BCUT2D eigenvalue weighted by Gasteiger charge is 2.23. The smallest absolute Gasteiger partial charge is 0.251 e. The summed E-state index contributed by atoms with van der Waals surface area (Å²) in [5.74, 6) is 0.675. The van der Waals surface area contributed by atoms with Gasteiger partial charge in [-0.1, -0.05) is 60.7 Å². The van der Waals surface area contributed by atoms with Crippen molar-refractivity contribution in [3.8, 4) is 5.75 Å². The number of carbonyl (C=O) groups excluding carboxylic acids is 1. The first kappa shape index (κ1) is 21.1. The lowest BCUT2D eigenvalue weighted by atomic mass is 10.1. The molecule has 1 aliphatic heterocycles. The highest BCUT2D eigenvalue weighted by molar-refractivity contribution is 5.94. The van der Waals surface area contributed by atoms with E-state index in [0.717, 1.165) is 49.7 Å². The fraction of sp³-hybridized carbons (Fsp3) is 0.269.